The van der Waals surface area contributed by atoms with Crippen LogP contribution in [0.3, 0.4) is 0 Å². The highest BCUT2D eigenvalue weighted by Gasteiger charge is 2.49. The number of rotatable bonds is 3. The Balaban J connectivity index is 0.00000162. The fraction of sp³-hybridized carbons (Fsp3) is 0.917. The van der Waals surface area contributed by atoms with Gasteiger partial charge in [-0.3, -0.25) is 4.79 Å². The summed E-state index contributed by atoms with van der Waals surface area (Å²) in [5.74, 6) is -2.46. The van der Waals surface area contributed by atoms with Crippen LogP contribution in [0.1, 0.15) is 25.7 Å². The molecule has 1 N–H and O–H groups in total. The Labute approximate surface area is 113 Å². The Morgan fingerprint density at radius 3 is 2.33 bits per heavy atom. The van der Waals surface area contributed by atoms with Crippen LogP contribution in [0.15, 0.2) is 0 Å². The maximum absolute atomic E-state index is 12.7. The lowest BCUT2D eigenvalue weighted by molar-refractivity contribution is -0.161. The molecule has 3 nitrogen and oxygen atoms in total. The average molecular weight is 283 g/mol. The van der Waals surface area contributed by atoms with Crippen molar-refractivity contribution < 1.29 is 13.6 Å². The number of halogens is 3. The van der Waals surface area contributed by atoms with Crippen molar-refractivity contribution in [3.63, 3.8) is 0 Å². The molecule has 0 unspecified atom stereocenters. The Morgan fingerprint density at radius 1 is 1.33 bits per heavy atom. The minimum Gasteiger partial charge on any atom is -0.342 e. The molecular weight excluding hydrogens is 262 g/mol. The molecule has 0 aromatic heterocycles. The van der Waals surface area contributed by atoms with E-state index >= 15 is 0 Å². The molecular formula is C12H21ClF2N2O. The summed E-state index contributed by atoms with van der Waals surface area (Å²) in [6, 6.07) is 0. The van der Waals surface area contributed by atoms with Gasteiger partial charge in [-0.25, -0.2) is 8.78 Å². The number of likely N-dealkylation sites (tertiary alicyclic amines) is 1. The number of amides is 1. The number of alkyl halides is 2. The van der Waals surface area contributed by atoms with Crippen LogP contribution in [0.5, 0.6) is 0 Å². The van der Waals surface area contributed by atoms with Crippen molar-refractivity contribution >= 4 is 18.3 Å². The van der Waals surface area contributed by atoms with Crippen LogP contribution in [0.2, 0.25) is 0 Å². The molecule has 0 radical (unpaired) electrons. The highest BCUT2D eigenvalue weighted by Crippen LogP contribution is 2.43. The molecule has 2 fully saturated rings. The first-order chi connectivity index (χ1) is 8.02. The molecule has 2 rings (SSSR count). The molecule has 0 bridgehead atoms. The average Bonchev–Trinajstić information content (AvgIpc) is 2.26. The zero-order valence-electron chi connectivity index (χ0n) is 10.6. The fourth-order valence-electron chi connectivity index (χ4n) is 2.74. The van der Waals surface area contributed by atoms with Crippen LogP contribution in [0, 0.1) is 11.8 Å². The number of nitrogens with one attached hydrogen (secondary N) is 1. The van der Waals surface area contributed by atoms with E-state index in [4.69, 9.17) is 0 Å². The third-order valence-electron chi connectivity index (χ3n) is 3.86. The van der Waals surface area contributed by atoms with Crippen molar-refractivity contribution in [3.05, 3.63) is 0 Å². The van der Waals surface area contributed by atoms with E-state index in [1.165, 1.54) is 0 Å². The van der Waals surface area contributed by atoms with Gasteiger partial charge in [0, 0.05) is 31.8 Å². The standard InChI is InChI=1S/C12H20F2N2O.ClH/c1-15-8-9-2-4-16(5-3-9)11(17)10-6-12(13,14)7-10;/h9-10,15H,2-8H2,1H3;1H. The summed E-state index contributed by atoms with van der Waals surface area (Å²) in [4.78, 5) is 13.7. The molecule has 1 saturated carbocycles. The molecule has 0 atom stereocenters. The molecule has 1 saturated heterocycles. The van der Waals surface area contributed by atoms with E-state index in [0.717, 1.165) is 32.5 Å². The Hall–Kier alpha value is -0.420. The number of piperidine rings is 1. The summed E-state index contributed by atoms with van der Waals surface area (Å²) >= 11 is 0. The number of nitrogens with zero attached hydrogens (tertiary/aromatic N) is 1. The maximum Gasteiger partial charge on any atom is 0.249 e. The molecule has 18 heavy (non-hydrogen) atoms. The lowest BCUT2D eigenvalue weighted by Crippen LogP contribution is -2.49. The lowest BCUT2D eigenvalue weighted by Gasteiger charge is -2.39. The number of hydrogen-bond acceptors (Lipinski definition) is 2. The molecule has 1 heterocycles. The van der Waals surface area contributed by atoms with Gasteiger partial charge in [-0.2, -0.15) is 0 Å². The van der Waals surface area contributed by atoms with Crippen molar-refractivity contribution in [2.24, 2.45) is 11.8 Å². The third-order valence-corrected chi connectivity index (χ3v) is 3.86. The van der Waals surface area contributed by atoms with Crippen LogP contribution in [0.25, 0.3) is 0 Å². The molecule has 0 aromatic carbocycles. The predicted octanol–water partition coefficient (Wildman–Crippen LogP) is 1.91. The molecule has 0 spiro atoms. The summed E-state index contributed by atoms with van der Waals surface area (Å²) in [7, 11) is 1.92. The van der Waals surface area contributed by atoms with Crippen LogP contribution >= 0.6 is 12.4 Å². The van der Waals surface area contributed by atoms with Crippen LogP contribution in [-0.2, 0) is 4.79 Å². The van der Waals surface area contributed by atoms with E-state index in [9.17, 15) is 13.6 Å². The summed E-state index contributed by atoms with van der Waals surface area (Å²) in [6.07, 6.45) is 1.47. The highest BCUT2D eigenvalue weighted by molar-refractivity contribution is 5.85. The topological polar surface area (TPSA) is 32.3 Å². The van der Waals surface area contributed by atoms with Gasteiger partial charge in [0.1, 0.15) is 0 Å². The van der Waals surface area contributed by atoms with Gasteiger partial charge in [-0.15, -0.1) is 12.4 Å². The quantitative estimate of drug-likeness (QED) is 0.858. The fourth-order valence-corrected chi connectivity index (χ4v) is 2.74. The van der Waals surface area contributed by atoms with E-state index in [-0.39, 0.29) is 31.2 Å². The molecule has 1 amide bonds. The van der Waals surface area contributed by atoms with Gasteiger partial charge < -0.3 is 10.2 Å². The van der Waals surface area contributed by atoms with E-state index in [1.807, 2.05) is 7.05 Å². The molecule has 0 aromatic rings. The van der Waals surface area contributed by atoms with Gasteiger partial charge in [0.2, 0.25) is 11.8 Å². The largest absolute Gasteiger partial charge is 0.342 e. The summed E-state index contributed by atoms with van der Waals surface area (Å²) in [5.41, 5.74) is 0. The van der Waals surface area contributed by atoms with Gasteiger partial charge in [0.05, 0.1) is 0 Å². The molecule has 106 valence electrons. The predicted molar refractivity (Wildman–Crippen MR) is 68.1 cm³/mol. The second-order valence-electron chi connectivity index (χ2n) is 5.29. The van der Waals surface area contributed by atoms with Gasteiger partial charge in [0.15, 0.2) is 0 Å². The highest BCUT2D eigenvalue weighted by atomic mass is 35.5. The molecule has 1 aliphatic carbocycles. The molecule has 2 aliphatic rings. The number of hydrogen-bond donors (Lipinski definition) is 1. The Morgan fingerprint density at radius 2 is 1.89 bits per heavy atom. The first kappa shape index (κ1) is 15.6. The summed E-state index contributed by atoms with van der Waals surface area (Å²) in [5, 5.41) is 3.13. The second-order valence-corrected chi connectivity index (χ2v) is 5.29. The SMILES string of the molecule is CNCC1CCN(C(=O)C2CC(F)(F)C2)CC1.Cl. The van der Waals surface area contributed by atoms with Gasteiger partial charge in [-0.05, 0) is 32.4 Å². The van der Waals surface area contributed by atoms with Crippen LogP contribution < -0.4 is 5.32 Å². The third kappa shape index (κ3) is 3.54. The van der Waals surface area contributed by atoms with Crippen molar-refractivity contribution in [2.45, 2.75) is 31.6 Å². The van der Waals surface area contributed by atoms with Crippen molar-refractivity contribution in [2.75, 3.05) is 26.7 Å². The summed E-state index contributed by atoms with van der Waals surface area (Å²) in [6.45, 7) is 2.43. The first-order valence-corrected chi connectivity index (χ1v) is 6.33. The monoisotopic (exact) mass is 282 g/mol. The molecule has 1 aliphatic heterocycles. The van der Waals surface area contributed by atoms with Gasteiger partial charge >= 0.3 is 0 Å². The van der Waals surface area contributed by atoms with E-state index < -0.39 is 11.8 Å². The van der Waals surface area contributed by atoms with E-state index in [1.54, 1.807) is 4.90 Å². The number of carbonyl (C=O) groups is 1. The zero-order chi connectivity index (χ0) is 12.5. The van der Waals surface area contributed by atoms with E-state index in [0.29, 0.717) is 5.92 Å². The van der Waals surface area contributed by atoms with Crippen molar-refractivity contribution in [1.29, 1.82) is 0 Å². The number of carbonyl (C=O) groups excluding carboxylic acids is 1. The summed E-state index contributed by atoms with van der Waals surface area (Å²) < 4.78 is 25.4. The van der Waals surface area contributed by atoms with Gasteiger partial charge in [0.25, 0.3) is 0 Å². The smallest absolute Gasteiger partial charge is 0.249 e. The lowest BCUT2D eigenvalue weighted by atomic mass is 9.80. The van der Waals surface area contributed by atoms with Crippen LogP contribution in [-0.4, -0.2) is 43.4 Å². The molecule has 6 heteroatoms. The van der Waals surface area contributed by atoms with Crippen molar-refractivity contribution in [3.8, 4) is 0 Å². The minimum absolute atomic E-state index is 0. The van der Waals surface area contributed by atoms with Crippen LogP contribution in [0.4, 0.5) is 8.78 Å². The van der Waals surface area contributed by atoms with E-state index in [2.05, 4.69) is 5.32 Å². The Bertz CT molecular complexity index is 286. The van der Waals surface area contributed by atoms with Gasteiger partial charge in [-0.1, -0.05) is 0 Å². The maximum atomic E-state index is 12.7. The first-order valence-electron chi connectivity index (χ1n) is 6.33. The second kappa shape index (κ2) is 6.15. The Kier molecular flexibility index (Phi) is 5.34. The normalized spacial score (nSPS) is 24.3. The van der Waals surface area contributed by atoms with Crippen molar-refractivity contribution in [1.82, 2.24) is 10.2 Å². The zero-order valence-corrected chi connectivity index (χ0v) is 11.4. The minimum atomic E-state index is -2.59.